The fourth-order valence-corrected chi connectivity index (χ4v) is 2.23. The zero-order valence-electron chi connectivity index (χ0n) is 10.00. The summed E-state index contributed by atoms with van der Waals surface area (Å²) in [6.07, 6.45) is 1.42. The van der Waals surface area contributed by atoms with Gasteiger partial charge in [0.05, 0.1) is 0 Å². The molecule has 1 aromatic heterocycles. The van der Waals surface area contributed by atoms with Gasteiger partial charge in [0.15, 0.2) is 0 Å². The number of nitrogens with zero attached hydrogens (tertiary/aromatic N) is 1. The molecule has 2 rings (SSSR count). The Hall–Kier alpha value is -1.63. The van der Waals surface area contributed by atoms with Crippen molar-refractivity contribution in [2.45, 2.75) is 11.8 Å². The molecule has 0 aliphatic carbocycles. The van der Waals surface area contributed by atoms with Crippen LogP contribution in [-0.4, -0.2) is 13.4 Å². The average Bonchev–Trinajstić information content (AvgIpc) is 2.33. The number of nitrogens with two attached hydrogens (primary N) is 1. The van der Waals surface area contributed by atoms with Crippen LogP contribution in [-0.2, 0) is 10.0 Å². The van der Waals surface area contributed by atoms with Crippen LogP contribution >= 0.6 is 11.6 Å². The molecule has 1 heterocycles. The molecule has 0 radical (unpaired) electrons. The topological polar surface area (TPSA) is 82.3 Å². The van der Waals surface area contributed by atoms with Gasteiger partial charge in [-0.25, -0.2) is 18.5 Å². The molecule has 19 heavy (non-hydrogen) atoms. The van der Waals surface area contributed by atoms with Gasteiger partial charge < -0.3 is 4.74 Å². The third kappa shape index (κ3) is 3.23. The number of pyridine rings is 1. The summed E-state index contributed by atoms with van der Waals surface area (Å²) in [6, 6.07) is 7.85. The van der Waals surface area contributed by atoms with Crippen LogP contribution in [0.4, 0.5) is 0 Å². The average molecular weight is 299 g/mol. The van der Waals surface area contributed by atoms with Crippen molar-refractivity contribution in [3.05, 3.63) is 47.1 Å². The van der Waals surface area contributed by atoms with Gasteiger partial charge in [0.2, 0.25) is 15.9 Å². The second-order valence-corrected chi connectivity index (χ2v) is 5.83. The van der Waals surface area contributed by atoms with Gasteiger partial charge in [0.1, 0.15) is 10.6 Å². The van der Waals surface area contributed by atoms with Crippen LogP contribution in [0.25, 0.3) is 0 Å². The molecule has 0 atom stereocenters. The third-order valence-electron chi connectivity index (χ3n) is 2.40. The fourth-order valence-electron chi connectivity index (χ4n) is 1.46. The Bertz CT molecular complexity index is 717. The van der Waals surface area contributed by atoms with Crippen molar-refractivity contribution in [1.29, 1.82) is 0 Å². The first-order valence-electron chi connectivity index (χ1n) is 5.30. The second-order valence-electron chi connectivity index (χ2n) is 3.86. The van der Waals surface area contributed by atoms with Gasteiger partial charge in [-0.1, -0.05) is 17.7 Å². The number of aromatic nitrogens is 1. The summed E-state index contributed by atoms with van der Waals surface area (Å²) in [6.45, 7) is 1.81. The van der Waals surface area contributed by atoms with Crippen molar-refractivity contribution in [3.63, 3.8) is 0 Å². The number of rotatable bonds is 3. The van der Waals surface area contributed by atoms with E-state index in [9.17, 15) is 8.42 Å². The molecule has 0 bridgehead atoms. The summed E-state index contributed by atoms with van der Waals surface area (Å²) in [5, 5.41) is 5.59. The Balaban J connectivity index is 2.47. The van der Waals surface area contributed by atoms with Gasteiger partial charge in [0, 0.05) is 11.2 Å². The lowest BCUT2D eigenvalue weighted by atomic mass is 10.2. The van der Waals surface area contributed by atoms with Gasteiger partial charge in [-0.05, 0) is 36.8 Å². The second kappa shape index (κ2) is 5.16. The number of primary sulfonamides is 1. The molecule has 0 unspecified atom stereocenters. The van der Waals surface area contributed by atoms with Crippen LogP contribution in [0.3, 0.4) is 0 Å². The highest BCUT2D eigenvalue weighted by Gasteiger charge is 2.17. The van der Waals surface area contributed by atoms with E-state index >= 15 is 0 Å². The van der Waals surface area contributed by atoms with Crippen molar-refractivity contribution in [1.82, 2.24) is 4.98 Å². The Kier molecular flexibility index (Phi) is 3.75. The summed E-state index contributed by atoms with van der Waals surface area (Å²) in [5.41, 5.74) is 0.801. The Morgan fingerprint density at radius 2 is 2.05 bits per heavy atom. The first kappa shape index (κ1) is 13.8. The summed E-state index contributed by atoms with van der Waals surface area (Å²) in [7, 11) is -3.90. The maximum Gasteiger partial charge on any atom is 0.243 e. The van der Waals surface area contributed by atoms with Crippen molar-refractivity contribution in [3.8, 4) is 11.6 Å². The maximum atomic E-state index is 11.4. The molecule has 5 nitrogen and oxygen atoms in total. The normalized spacial score (nSPS) is 11.3. The van der Waals surface area contributed by atoms with Crippen LogP contribution in [0, 0.1) is 6.92 Å². The maximum absolute atomic E-state index is 11.4. The fraction of sp³-hybridized carbons (Fsp3) is 0.0833. The standard InChI is InChI=1S/C12H11ClN2O3S/c1-8-4-5-9(13)7-10(8)18-12-11(19(14,16)17)3-2-6-15-12/h2-7H,1H3,(H2,14,16,17). The minimum atomic E-state index is -3.90. The minimum Gasteiger partial charge on any atom is -0.437 e. The highest BCUT2D eigenvalue weighted by molar-refractivity contribution is 7.89. The predicted molar refractivity (Wildman–Crippen MR) is 71.9 cm³/mol. The van der Waals surface area contributed by atoms with Gasteiger partial charge in [-0.15, -0.1) is 0 Å². The molecule has 100 valence electrons. The largest absolute Gasteiger partial charge is 0.437 e. The number of hydrogen-bond donors (Lipinski definition) is 1. The van der Waals surface area contributed by atoms with E-state index in [0.717, 1.165) is 5.56 Å². The zero-order chi connectivity index (χ0) is 14.0. The SMILES string of the molecule is Cc1ccc(Cl)cc1Oc1ncccc1S(N)(=O)=O. The molecule has 0 aliphatic rings. The van der Waals surface area contributed by atoms with Crippen LogP contribution in [0.1, 0.15) is 5.56 Å². The molecule has 7 heteroatoms. The van der Waals surface area contributed by atoms with Gasteiger partial charge in [-0.2, -0.15) is 0 Å². The summed E-state index contributed by atoms with van der Waals surface area (Å²) < 4.78 is 28.3. The van der Waals surface area contributed by atoms with E-state index in [1.54, 1.807) is 18.2 Å². The molecule has 0 fully saturated rings. The minimum absolute atomic E-state index is 0.0737. The zero-order valence-corrected chi connectivity index (χ0v) is 11.6. The third-order valence-corrected chi connectivity index (χ3v) is 3.56. The monoisotopic (exact) mass is 298 g/mol. The molecule has 2 N–H and O–H groups in total. The lowest BCUT2D eigenvalue weighted by Gasteiger charge is -2.10. The smallest absolute Gasteiger partial charge is 0.243 e. The van der Waals surface area contributed by atoms with Gasteiger partial charge >= 0.3 is 0 Å². The van der Waals surface area contributed by atoms with Gasteiger partial charge in [-0.3, -0.25) is 0 Å². The number of hydrogen-bond acceptors (Lipinski definition) is 4. The van der Waals surface area contributed by atoms with Crippen LogP contribution in [0.15, 0.2) is 41.4 Å². The highest BCUT2D eigenvalue weighted by atomic mass is 35.5. The number of benzene rings is 1. The van der Waals surface area contributed by atoms with Crippen LogP contribution in [0.5, 0.6) is 11.6 Å². The van der Waals surface area contributed by atoms with E-state index in [1.807, 2.05) is 6.92 Å². The highest BCUT2D eigenvalue weighted by Crippen LogP contribution is 2.29. The van der Waals surface area contributed by atoms with E-state index < -0.39 is 10.0 Å². The molecule has 1 aromatic carbocycles. The first-order valence-corrected chi connectivity index (χ1v) is 7.22. The quantitative estimate of drug-likeness (QED) is 0.943. The van der Waals surface area contributed by atoms with E-state index in [0.29, 0.717) is 10.8 Å². The first-order chi connectivity index (χ1) is 8.88. The number of halogens is 1. The summed E-state index contributed by atoms with van der Waals surface area (Å²) in [5.74, 6) is 0.353. The molecular formula is C12H11ClN2O3S. The lowest BCUT2D eigenvalue weighted by Crippen LogP contribution is -2.13. The molecule has 0 saturated heterocycles. The van der Waals surface area contributed by atoms with E-state index in [-0.39, 0.29) is 10.8 Å². The van der Waals surface area contributed by atoms with Crippen molar-refractivity contribution in [2.75, 3.05) is 0 Å². The lowest BCUT2D eigenvalue weighted by molar-refractivity contribution is 0.444. The van der Waals surface area contributed by atoms with Crippen molar-refractivity contribution in [2.24, 2.45) is 5.14 Å². The number of aryl methyl sites for hydroxylation is 1. The Morgan fingerprint density at radius 1 is 1.32 bits per heavy atom. The molecule has 0 spiro atoms. The molecule has 0 amide bonds. The number of sulfonamides is 1. The molecule has 0 aliphatic heterocycles. The van der Waals surface area contributed by atoms with Crippen LogP contribution in [0.2, 0.25) is 5.02 Å². The van der Waals surface area contributed by atoms with Crippen molar-refractivity contribution >= 4 is 21.6 Å². The van der Waals surface area contributed by atoms with E-state index in [2.05, 4.69) is 4.98 Å². The van der Waals surface area contributed by atoms with Crippen LogP contribution < -0.4 is 9.88 Å². The Labute approximate surface area is 116 Å². The Morgan fingerprint density at radius 3 is 2.74 bits per heavy atom. The predicted octanol–water partition coefficient (Wildman–Crippen LogP) is 2.48. The molecule has 0 saturated carbocycles. The molecular weight excluding hydrogens is 288 g/mol. The van der Waals surface area contributed by atoms with E-state index in [4.69, 9.17) is 21.5 Å². The molecule has 2 aromatic rings. The van der Waals surface area contributed by atoms with Crippen molar-refractivity contribution < 1.29 is 13.2 Å². The number of ether oxygens (including phenoxy) is 1. The summed E-state index contributed by atoms with van der Waals surface area (Å²) in [4.78, 5) is 3.71. The summed E-state index contributed by atoms with van der Waals surface area (Å²) >= 11 is 5.87. The van der Waals surface area contributed by atoms with E-state index in [1.165, 1.54) is 18.3 Å². The van der Waals surface area contributed by atoms with Gasteiger partial charge in [0.25, 0.3) is 0 Å².